The molecule has 0 aromatic carbocycles. The van der Waals surface area contributed by atoms with E-state index in [1.54, 1.807) is 0 Å². The molecule has 0 N–H and O–H groups in total. The van der Waals surface area contributed by atoms with Gasteiger partial charge in [-0.15, -0.1) is 0 Å². The Hall–Kier alpha value is -0.193. The van der Waals surface area contributed by atoms with Crippen LogP contribution in [-0.4, -0.2) is 33.4 Å². The molecule has 94 valence electrons. The second kappa shape index (κ2) is 4.98. The van der Waals surface area contributed by atoms with E-state index in [9.17, 15) is 4.79 Å². The zero-order valence-electron chi connectivity index (χ0n) is 11.1. The first-order chi connectivity index (χ1) is 7.28. The largest absolute Gasteiger partial charge is 0.411 e. The van der Waals surface area contributed by atoms with Gasteiger partial charge in [-0.1, -0.05) is 20.8 Å². The van der Waals surface area contributed by atoms with Crippen LogP contribution in [0.2, 0.25) is 18.1 Å². The molecular weight excluding hydrogens is 220 g/mol. The van der Waals surface area contributed by atoms with Crippen molar-refractivity contribution in [2.24, 2.45) is 0 Å². The van der Waals surface area contributed by atoms with Gasteiger partial charge in [0, 0.05) is 6.61 Å². The third-order valence-electron chi connectivity index (χ3n) is 3.70. The minimum atomic E-state index is -1.79. The van der Waals surface area contributed by atoms with E-state index in [2.05, 4.69) is 33.9 Å². The fraction of sp³-hybridized carbons (Fsp3) is 0.917. The smallest absolute Gasteiger partial charge is 0.192 e. The molecule has 0 bridgehead atoms. The maximum Gasteiger partial charge on any atom is 0.192 e. The molecule has 1 rings (SSSR count). The maximum absolute atomic E-state index is 10.9. The van der Waals surface area contributed by atoms with Crippen LogP contribution in [0.5, 0.6) is 0 Å². The summed E-state index contributed by atoms with van der Waals surface area (Å²) >= 11 is 0. The molecule has 1 heterocycles. The van der Waals surface area contributed by atoms with Gasteiger partial charge in [0.1, 0.15) is 6.10 Å². The maximum atomic E-state index is 10.9. The quantitative estimate of drug-likeness (QED) is 0.565. The molecule has 0 unspecified atom stereocenters. The summed E-state index contributed by atoms with van der Waals surface area (Å²) in [5.41, 5.74) is 0. The van der Waals surface area contributed by atoms with Gasteiger partial charge in [0.15, 0.2) is 14.6 Å². The van der Waals surface area contributed by atoms with Crippen LogP contribution in [0.25, 0.3) is 0 Å². The summed E-state index contributed by atoms with van der Waals surface area (Å²) in [5.74, 6) is 0. The fourth-order valence-electron chi connectivity index (χ4n) is 1.58. The number of ether oxygens (including phenoxy) is 1. The first-order valence-corrected chi connectivity index (χ1v) is 8.93. The summed E-state index contributed by atoms with van der Waals surface area (Å²) in [7, 11) is -1.79. The average Bonchev–Trinajstić information content (AvgIpc) is 2.16. The Morgan fingerprint density at radius 3 is 2.50 bits per heavy atom. The molecule has 1 aliphatic heterocycles. The predicted octanol–water partition coefficient (Wildman–Crippen LogP) is 2.75. The monoisotopic (exact) mass is 244 g/mol. The van der Waals surface area contributed by atoms with Crippen LogP contribution in [0.15, 0.2) is 0 Å². The average molecular weight is 244 g/mol. The van der Waals surface area contributed by atoms with Gasteiger partial charge in [-0.3, -0.25) is 0 Å². The Morgan fingerprint density at radius 1 is 1.38 bits per heavy atom. The minimum Gasteiger partial charge on any atom is -0.411 e. The third-order valence-corrected chi connectivity index (χ3v) is 8.20. The molecule has 0 spiro atoms. The van der Waals surface area contributed by atoms with E-state index in [1.807, 2.05) is 0 Å². The van der Waals surface area contributed by atoms with E-state index in [1.165, 1.54) is 0 Å². The standard InChI is InChI=1S/C12H24O3Si/c1-12(2,3)16(4,5)15-10-7-6-8-14-11(10)9-13/h9-11H,6-8H2,1-5H3/t10-,11+/m0/s1. The molecule has 0 amide bonds. The van der Waals surface area contributed by atoms with Crippen molar-refractivity contribution in [3.63, 3.8) is 0 Å². The minimum absolute atomic E-state index is 0.0351. The van der Waals surface area contributed by atoms with E-state index in [0.29, 0.717) is 6.61 Å². The van der Waals surface area contributed by atoms with Crippen LogP contribution in [0.4, 0.5) is 0 Å². The highest BCUT2D eigenvalue weighted by molar-refractivity contribution is 6.74. The second-order valence-corrected chi connectivity index (χ2v) is 10.8. The highest BCUT2D eigenvalue weighted by Gasteiger charge is 2.41. The molecule has 16 heavy (non-hydrogen) atoms. The second-order valence-electron chi connectivity index (χ2n) is 6.03. The number of carbonyl (C=O) groups is 1. The number of carbonyl (C=O) groups excluding carboxylic acids is 1. The van der Waals surface area contributed by atoms with Crippen molar-refractivity contribution in [1.82, 2.24) is 0 Å². The zero-order chi connectivity index (χ0) is 12.4. The van der Waals surface area contributed by atoms with E-state index < -0.39 is 8.32 Å². The molecule has 1 fully saturated rings. The first kappa shape index (κ1) is 13.9. The Bertz CT molecular complexity index is 245. The highest BCUT2D eigenvalue weighted by atomic mass is 28.4. The van der Waals surface area contributed by atoms with Crippen molar-refractivity contribution in [2.75, 3.05) is 6.61 Å². The molecule has 0 aliphatic carbocycles. The van der Waals surface area contributed by atoms with Gasteiger partial charge in [-0.25, -0.2) is 0 Å². The van der Waals surface area contributed by atoms with Gasteiger partial charge < -0.3 is 14.0 Å². The molecule has 1 saturated heterocycles. The molecule has 0 radical (unpaired) electrons. The van der Waals surface area contributed by atoms with Crippen LogP contribution < -0.4 is 0 Å². The van der Waals surface area contributed by atoms with E-state index in [0.717, 1.165) is 19.1 Å². The van der Waals surface area contributed by atoms with Gasteiger partial charge in [0.05, 0.1) is 6.10 Å². The summed E-state index contributed by atoms with van der Waals surface area (Å²) < 4.78 is 11.7. The van der Waals surface area contributed by atoms with Crippen molar-refractivity contribution >= 4 is 14.6 Å². The van der Waals surface area contributed by atoms with Crippen molar-refractivity contribution in [2.45, 2.75) is 64.0 Å². The number of hydrogen-bond acceptors (Lipinski definition) is 3. The Balaban J connectivity index is 2.67. The van der Waals surface area contributed by atoms with Crippen LogP contribution >= 0.6 is 0 Å². The normalized spacial score (nSPS) is 27.8. The van der Waals surface area contributed by atoms with Crippen LogP contribution in [0.1, 0.15) is 33.6 Å². The van der Waals surface area contributed by atoms with Crippen molar-refractivity contribution in [3.8, 4) is 0 Å². The van der Waals surface area contributed by atoms with Crippen LogP contribution in [-0.2, 0) is 14.0 Å². The lowest BCUT2D eigenvalue weighted by Crippen LogP contribution is -2.49. The lowest BCUT2D eigenvalue weighted by molar-refractivity contribution is -0.130. The first-order valence-electron chi connectivity index (χ1n) is 6.02. The van der Waals surface area contributed by atoms with Gasteiger partial charge in [-0.2, -0.15) is 0 Å². The predicted molar refractivity (Wildman–Crippen MR) is 67.1 cm³/mol. The summed E-state index contributed by atoms with van der Waals surface area (Å²) in [6, 6.07) is 0. The van der Waals surface area contributed by atoms with E-state index in [4.69, 9.17) is 9.16 Å². The topological polar surface area (TPSA) is 35.5 Å². The summed E-state index contributed by atoms with van der Waals surface area (Å²) in [6.45, 7) is 11.7. The van der Waals surface area contributed by atoms with Crippen molar-refractivity contribution in [1.29, 1.82) is 0 Å². The Labute approximate surface area is 99.6 Å². The molecule has 3 nitrogen and oxygen atoms in total. The number of hydrogen-bond donors (Lipinski definition) is 0. The van der Waals surface area contributed by atoms with Crippen molar-refractivity contribution < 1.29 is 14.0 Å². The summed E-state index contributed by atoms with van der Waals surface area (Å²) in [4.78, 5) is 10.9. The Morgan fingerprint density at radius 2 is 2.00 bits per heavy atom. The highest BCUT2D eigenvalue weighted by Crippen LogP contribution is 2.38. The van der Waals surface area contributed by atoms with Crippen LogP contribution in [0, 0.1) is 0 Å². The lowest BCUT2D eigenvalue weighted by atomic mass is 10.1. The SMILES string of the molecule is CC(C)(C)[Si](C)(C)O[C@H]1CCCO[C@@H]1C=O. The molecule has 4 heteroatoms. The number of aldehydes is 1. The molecule has 2 atom stereocenters. The molecule has 0 aromatic rings. The summed E-state index contributed by atoms with van der Waals surface area (Å²) in [6.07, 6.45) is 2.42. The lowest BCUT2D eigenvalue weighted by Gasteiger charge is -2.41. The van der Waals surface area contributed by atoms with Crippen molar-refractivity contribution in [3.05, 3.63) is 0 Å². The molecule has 1 aliphatic rings. The van der Waals surface area contributed by atoms with Crippen LogP contribution in [0.3, 0.4) is 0 Å². The molecule has 0 aromatic heterocycles. The van der Waals surface area contributed by atoms with Gasteiger partial charge >= 0.3 is 0 Å². The zero-order valence-corrected chi connectivity index (χ0v) is 12.1. The third kappa shape index (κ3) is 3.15. The fourth-order valence-corrected chi connectivity index (χ4v) is 2.95. The number of rotatable bonds is 3. The Kier molecular flexibility index (Phi) is 4.32. The van der Waals surface area contributed by atoms with Gasteiger partial charge in [0.25, 0.3) is 0 Å². The molecule has 0 saturated carbocycles. The summed E-state index contributed by atoms with van der Waals surface area (Å²) in [5, 5.41) is 0.178. The van der Waals surface area contributed by atoms with E-state index in [-0.39, 0.29) is 17.2 Å². The van der Waals surface area contributed by atoms with Gasteiger partial charge in [0.2, 0.25) is 0 Å². The van der Waals surface area contributed by atoms with E-state index >= 15 is 0 Å². The molecular formula is C12H24O3Si. The van der Waals surface area contributed by atoms with Gasteiger partial charge in [-0.05, 0) is 31.0 Å².